The summed E-state index contributed by atoms with van der Waals surface area (Å²) in [6, 6.07) is 4.78. The first-order chi connectivity index (χ1) is 11.8. The van der Waals surface area contributed by atoms with Crippen molar-refractivity contribution in [2.24, 2.45) is 5.92 Å². The molecule has 0 spiro atoms. The fourth-order valence-corrected chi connectivity index (χ4v) is 3.07. The number of carbonyl (C=O) groups excluding carboxylic acids is 2. The zero-order chi connectivity index (χ0) is 18.4. The number of benzene rings is 1. The molecule has 2 rings (SSSR count). The highest BCUT2D eigenvalue weighted by atomic mass is 79.9. The van der Waals surface area contributed by atoms with Gasteiger partial charge in [-0.1, -0.05) is 29.8 Å². The number of amides is 2. The van der Waals surface area contributed by atoms with Gasteiger partial charge < -0.3 is 15.5 Å². The van der Waals surface area contributed by atoms with Crippen molar-refractivity contribution in [1.29, 1.82) is 0 Å². The molecule has 1 aromatic carbocycles. The van der Waals surface area contributed by atoms with Crippen LogP contribution in [0.3, 0.4) is 0 Å². The van der Waals surface area contributed by atoms with E-state index in [-0.39, 0.29) is 29.5 Å². The predicted molar refractivity (Wildman–Crippen MR) is 99.8 cm³/mol. The molecule has 0 aromatic heterocycles. The monoisotopic (exact) mass is 413 g/mol. The van der Waals surface area contributed by atoms with E-state index in [9.17, 15) is 14.0 Å². The maximum Gasteiger partial charge on any atom is 0.225 e. The lowest BCUT2D eigenvalue weighted by atomic mass is 10.0. The molecule has 1 fully saturated rings. The van der Waals surface area contributed by atoms with Crippen molar-refractivity contribution >= 4 is 33.4 Å². The number of likely N-dealkylation sites (tertiary alicyclic amines) is 1. The van der Waals surface area contributed by atoms with Crippen molar-refractivity contribution in [2.45, 2.75) is 39.2 Å². The van der Waals surface area contributed by atoms with E-state index in [1.165, 1.54) is 6.07 Å². The molecule has 1 aromatic rings. The number of carbonyl (C=O) groups is 2. The Bertz CT molecular complexity index is 616. The van der Waals surface area contributed by atoms with E-state index >= 15 is 0 Å². The summed E-state index contributed by atoms with van der Waals surface area (Å²) < 4.78 is 14.4. The molecule has 1 heterocycles. The van der Waals surface area contributed by atoms with Crippen LogP contribution in [0.4, 0.5) is 10.1 Å². The maximum atomic E-state index is 13.7. The number of piperidine rings is 1. The van der Waals surface area contributed by atoms with Crippen molar-refractivity contribution in [3.8, 4) is 0 Å². The number of nitrogens with one attached hydrogen (secondary N) is 2. The second-order valence-electron chi connectivity index (χ2n) is 6.70. The number of hydrogen-bond donors (Lipinski definition) is 2. The van der Waals surface area contributed by atoms with E-state index in [1.54, 1.807) is 12.1 Å². The standard InChI is InChI=1S/C18H25BrFN3O2/c1-12(2)18(25)21-14-5-8-23(9-6-14)10-7-17(24)22-16-4-3-13(19)11-15(16)20/h3-4,11-12,14H,5-10H2,1-2H3,(H,21,25)(H,22,24). The van der Waals surface area contributed by atoms with Crippen LogP contribution in [-0.4, -0.2) is 42.4 Å². The third-order valence-corrected chi connectivity index (χ3v) is 4.81. The van der Waals surface area contributed by atoms with Gasteiger partial charge in [0.25, 0.3) is 0 Å². The summed E-state index contributed by atoms with van der Waals surface area (Å²) in [4.78, 5) is 25.9. The highest BCUT2D eigenvalue weighted by molar-refractivity contribution is 9.10. The normalized spacial score (nSPS) is 16.0. The maximum absolute atomic E-state index is 13.7. The van der Waals surface area contributed by atoms with E-state index in [0.717, 1.165) is 25.9 Å². The van der Waals surface area contributed by atoms with Crippen LogP contribution in [-0.2, 0) is 9.59 Å². The van der Waals surface area contributed by atoms with Gasteiger partial charge in [0.2, 0.25) is 11.8 Å². The Labute approximate surface area is 156 Å². The van der Waals surface area contributed by atoms with E-state index in [2.05, 4.69) is 31.5 Å². The predicted octanol–water partition coefficient (Wildman–Crippen LogP) is 3.15. The zero-order valence-corrected chi connectivity index (χ0v) is 16.2. The Kier molecular flexibility index (Phi) is 7.38. The lowest BCUT2D eigenvalue weighted by Crippen LogP contribution is -2.46. The lowest BCUT2D eigenvalue weighted by molar-refractivity contribution is -0.125. The molecule has 0 saturated carbocycles. The second-order valence-corrected chi connectivity index (χ2v) is 7.62. The van der Waals surface area contributed by atoms with Crippen LogP contribution in [0.25, 0.3) is 0 Å². The van der Waals surface area contributed by atoms with Crippen LogP contribution >= 0.6 is 15.9 Å². The van der Waals surface area contributed by atoms with Crippen molar-refractivity contribution in [3.05, 3.63) is 28.5 Å². The van der Waals surface area contributed by atoms with Gasteiger partial charge in [0.15, 0.2) is 0 Å². The minimum atomic E-state index is -0.454. The number of nitrogens with zero attached hydrogens (tertiary/aromatic N) is 1. The average Bonchev–Trinajstić information content (AvgIpc) is 2.56. The summed E-state index contributed by atoms with van der Waals surface area (Å²) in [7, 11) is 0. The Balaban J connectivity index is 1.70. The van der Waals surface area contributed by atoms with Gasteiger partial charge in [-0.15, -0.1) is 0 Å². The molecule has 5 nitrogen and oxygen atoms in total. The van der Waals surface area contributed by atoms with Crippen molar-refractivity contribution in [3.63, 3.8) is 0 Å². The van der Waals surface area contributed by atoms with Crippen LogP contribution in [0.2, 0.25) is 0 Å². The van der Waals surface area contributed by atoms with Gasteiger partial charge in [0, 0.05) is 42.5 Å². The minimum absolute atomic E-state index is 0.000677. The van der Waals surface area contributed by atoms with Gasteiger partial charge in [-0.25, -0.2) is 4.39 Å². The SMILES string of the molecule is CC(C)C(=O)NC1CCN(CCC(=O)Nc2ccc(Br)cc2F)CC1. The summed E-state index contributed by atoms with van der Waals surface area (Å²) >= 11 is 3.19. The Hall–Kier alpha value is -1.47. The van der Waals surface area contributed by atoms with Gasteiger partial charge in [-0.3, -0.25) is 9.59 Å². The number of hydrogen-bond acceptors (Lipinski definition) is 3. The summed E-state index contributed by atoms with van der Waals surface area (Å²) in [5.74, 6) is -0.559. The molecule has 1 saturated heterocycles. The van der Waals surface area contributed by atoms with Gasteiger partial charge in [0.1, 0.15) is 5.82 Å². The molecule has 2 N–H and O–H groups in total. The van der Waals surface area contributed by atoms with E-state index in [0.29, 0.717) is 17.4 Å². The summed E-state index contributed by atoms with van der Waals surface area (Å²) in [6.07, 6.45) is 2.10. The van der Waals surface area contributed by atoms with Crippen LogP contribution in [0, 0.1) is 11.7 Å². The molecule has 0 aliphatic carbocycles. The van der Waals surface area contributed by atoms with E-state index in [1.807, 2.05) is 13.8 Å². The molecule has 7 heteroatoms. The summed E-state index contributed by atoms with van der Waals surface area (Å²) in [5, 5.41) is 5.66. The molecule has 2 amide bonds. The highest BCUT2D eigenvalue weighted by Gasteiger charge is 2.21. The number of halogens is 2. The van der Waals surface area contributed by atoms with Crippen LogP contribution in [0.5, 0.6) is 0 Å². The second kappa shape index (κ2) is 9.29. The molecular weight excluding hydrogens is 389 g/mol. The van der Waals surface area contributed by atoms with Crippen LogP contribution in [0.1, 0.15) is 33.1 Å². The zero-order valence-electron chi connectivity index (χ0n) is 14.6. The minimum Gasteiger partial charge on any atom is -0.353 e. The molecule has 25 heavy (non-hydrogen) atoms. The Morgan fingerprint density at radius 3 is 2.60 bits per heavy atom. The number of rotatable bonds is 6. The van der Waals surface area contributed by atoms with Gasteiger partial charge >= 0.3 is 0 Å². The first-order valence-electron chi connectivity index (χ1n) is 8.63. The van der Waals surface area contributed by atoms with Gasteiger partial charge in [-0.05, 0) is 31.0 Å². The van der Waals surface area contributed by atoms with Crippen molar-refractivity contribution in [2.75, 3.05) is 25.0 Å². The molecule has 138 valence electrons. The fourth-order valence-electron chi connectivity index (χ4n) is 2.73. The van der Waals surface area contributed by atoms with Crippen molar-refractivity contribution < 1.29 is 14.0 Å². The largest absolute Gasteiger partial charge is 0.353 e. The van der Waals surface area contributed by atoms with Crippen LogP contribution < -0.4 is 10.6 Å². The Morgan fingerprint density at radius 1 is 1.32 bits per heavy atom. The topological polar surface area (TPSA) is 61.4 Å². The quantitative estimate of drug-likeness (QED) is 0.752. The smallest absolute Gasteiger partial charge is 0.225 e. The average molecular weight is 414 g/mol. The fraction of sp³-hybridized carbons (Fsp3) is 0.556. The van der Waals surface area contributed by atoms with E-state index in [4.69, 9.17) is 0 Å². The molecule has 0 bridgehead atoms. The summed E-state index contributed by atoms with van der Waals surface area (Å²) in [6.45, 7) is 6.11. The molecular formula is C18H25BrFN3O2. The molecule has 0 unspecified atom stereocenters. The van der Waals surface area contributed by atoms with E-state index < -0.39 is 5.82 Å². The van der Waals surface area contributed by atoms with Crippen LogP contribution in [0.15, 0.2) is 22.7 Å². The molecule has 0 radical (unpaired) electrons. The highest BCUT2D eigenvalue weighted by Crippen LogP contribution is 2.19. The number of anilines is 1. The first-order valence-corrected chi connectivity index (χ1v) is 9.42. The molecule has 0 atom stereocenters. The Morgan fingerprint density at radius 2 is 2.00 bits per heavy atom. The third kappa shape index (κ3) is 6.40. The third-order valence-electron chi connectivity index (χ3n) is 4.32. The van der Waals surface area contributed by atoms with Gasteiger partial charge in [0.05, 0.1) is 5.69 Å². The summed E-state index contributed by atoms with van der Waals surface area (Å²) in [5.41, 5.74) is 0.198. The molecule has 1 aliphatic rings. The first kappa shape index (κ1) is 19.8. The van der Waals surface area contributed by atoms with Gasteiger partial charge in [-0.2, -0.15) is 0 Å². The molecule has 1 aliphatic heterocycles. The van der Waals surface area contributed by atoms with Crippen molar-refractivity contribution in [1.82, 2.24) is 10.2 Å². The lowest BCUT2D eigenvalue weighted by Gasteiger charge is -2.32.